The minimum Gasteiger partial charge on any atom is -0.508 e. The summed E-state index contributed by atoms with van der Waals surface area (Å²) in [5, 5.41) is 54.7. The number of primary amides is 1. The first-order chi connectivity index (χ1) is 36.7. The number of carboxylic acids is 2. The Balaban J connectivity index is 1.85. The highest BCUT2D eigenvalue weighted by Crippen LogP contribution is 2.24. The standard InChI is InChI=1S/C50H80N14O14/c1-26(2)39(61-43(71)33(25-38(67)68)59-42(70)31(11-5-6-20-51)57-41(69)30(52)10-7-21-56-50(54)55)46(74)60-34(24-28-14-16-29(65)17-15-28)47(75)63-22-8-13-36(63)45(73)62-40(27(3)4)48(76)64-23-9-12-35(64)44(72)58-32(49(77)78)18-19-37(53)66/h14-17,26-27,30-36,39-40,65H,5-13,18-25,51-52H2,1-4H3,(H2,53,66)(H,57,69)(H,58,72)(H,59,70)(H,60,74)(H,61,71)(H,62,73)(H,67,68)(H,77,78)(H4,54,55,56)/t30-,31-,32-,33-,34-,35-,36-,39-,40-/m0/s1. The average molecular weight is 1100 g/mol. The van der Waals surface area contributed by atoms with Gasteiger partial charge in [-0.3, -0.25) is 53.4 Å². The zero-order chi connectivity index (χ0) is 58.4. The summed E-state index contributed by atoms with van der Waals surface area (Å²) < 4.78 is 0. The number of hydrogen-bond acceptors (Lipinski definition) is 15. The lowest BCUT2D eigenvalue weighted by Gasteiger charge is -2.33. The van der Waals surface area contributed by atoms with E-state index in [0.29, 0.717) is 37.7 Å². The second-order valence-corrected chi connectivity index (χ2v) is 20.3. The van der Waals surface area contributed by atoms with Gasteiger partial charge in [0.2, 0.25) is 53.2 Å². The van der Waals surface area contributed by atoms with E-state index in [-0.39, 0.29) is 82.8 Å². The van der Waals surface area contributed by atoms with Crippen LogP contribution in [0.2, 0.25) is 0 Å². The van der Waals surface area contributed by atoms with Crippen molar-refractivity contribution in [3.8, 4) is 5.75 Å². The van der Waals surface area contributed by atoms with Crippen LogP contribution in [0.5, 0.6) is 5.75 Å². The van der Waals surface area contributed by atoms with Gasteiger partial charge < -0.3 is 85.3 Å². The molecule has 0 radical (unpaired) electrons. The number of likely N-dealkylation sites (tertiary alicyclic amines) is 2. The third-order valence-electron chi connectivity index (χ3n) is 13.4. The van der Waals surface area contributed by atoms with Crippen LogP contribution in [0.4, 0.5) is 0 Å². The SMILES string of the molecule is CC(C)[C@H](NC(=O)[C@H](CC(=O)O)NC(=O)[C@H](CCCCN)NC(=O)[C@@H](N)CCCNC(=N)N)C(=O)N[C@@H](Cc1ccc(O)cc1)C(=O)N1CCC[C@H]1C(=O)N[C@H](C(=O)N1CCC[C@H]1C(=O)N[C@@H](CCC(N)=O)C(=O)O)C(C)C. The van der Waals surface area contributed by atoms with Crippen LogP contribution < -0.4 is 60.2 Å². The lowest BCUT2D eigenvalue weighted by molar-refractivity contribution is -0.146. The Morgan fingerprint density at radius 3 is 1.73 bits per heavy atom. The molecule has 28 heteroatoms. The highest BCUT2D eigenvalue weighted by Gasteiger charge is 2.44. The summed E-state index contributed by atoms with van der Waals surface area (Å²) in [4.78, 5) is 150. The van der Waals surface area contributed by atoms with E-state index in [0.717, 1.165) is 0 Å². The third kappa shape index (κ3) is 20.4. The summed E-state index contributed by atoms with van der Waals surface area (Å²) >= 11 is 0. The normalized spacial score (nSPS) is 17.8. The van der Waals surface area contributed by atoms with Crippen LogP contribution in [-0.4, -0.2) is 177 Å². The fourth-order valence-electron chi connectivity index (χ4n) is 9.05. The largest absolute Gasteiger partial charge is 0.508 e. The Kier molecular flexibility index (Phi) is 26.2. The van der Waals surface area contributed by atoms with Crippen molar-refractivity contribution in [3.05, 3.63) is 29.8 Å². The minimum atomic E-state index is -1.78. The molecule has 1 aromatic carbocycles. The molecule has 2 heterocycles. The van der Waals surface area contributed by atoms with Crippen LogP contribution in [0.15, 0.2) is 24.3 Å². The first-order valence-corrected chi connectivity index (χ1v) is 26.2. The zero-order valence-electron chi connectivity index (χ0n) is 44.7. The van der Waals surface area contributed by atoms with Crippen molar-refractivity contribution in [3.63, 3.8) is 0 Å². The number of nitrogens with one attached hydrogen (secondary N) is 8. The maximum atomic E-state index is 14.7. The second-order valence-electron chi connectivity index (χ2n) is 20.3. The number of nitrogens with zero attached hydrogens (tertiary/aromatic N) is 2. The van der Waals surface area contributed by atoms with E-state index in [1.165, 1.54) is 34.1 Å². The summed E-state index contributed by atoms with van der Waals surface area (Å²) in [6.45, 7) is 7.15. The second kappa shape index (κ2) is 31.6. The zero-order valence-corrected chi connectivity index (χ0v) is 44.7. The van der Waals surface area contributed by atoms with Crippen LogP contribution in [-0.2, 0) is 59.2 Å². The lowest BCUT2D eigenvalue weighted by atomic mass is 9.99. The summed E-state index contributed by atoms with van der Waals surface area (Å²) in [5.41, 5.74) is 22.7. The molecule has 0 saturated carbocycles. The number of phenols is 1. The number of carboxylic acid groups (broad SMARTS) is 2. The van der Waals surface area contributed by atoms with Crippen molar-refractivity contribution < 1.29 is 68.1 Å². The van der Waals surface area contributed by atoms with E-state index < -0.39 is 138 Å². The van der Waals surface area contributed by atoms with Gasteiger partial charge in [-0.2, -0.15) is 0 Å². The van der Waals surface area contributed by atoms with Gasteiger partial charge in [0.05, 0.1) is 12.5 Å². The van der Waals surface area contributed by atoms with Gasteiger partial charge in [0.15, 0.2) is 5.96 Å². The monoisotopic (exact) mass is 1100 g/mol. The van der Waals surface area contributed by atoms with Crippen molar-refractivity contribution in [2.24, 2.45) is 34.8 Å². The summed E-state index contributed by atoms with van der Waals surface area (Å²) in [6.07, 6.45) is 0.718. The summed E-state index contributed by atoms with van der Waals surface area (Å²) in [6, 6.07) is -6.15. The van der Waals surface area contributed by atoms with Crippen LogP contribution in [0.25, 0.3) is 0 Å². The minimum absolute atomic E-state index is 0.0396. The number of hydrogen-bond donors (Lipinski definition) is 15. The number of benzene rings is 1. The highest BCUT2D eigenvalue weighted by atomic mass is 16.4. The van der Waals surface area contributed by atoms with Gasteiger partial charge in [-0.25, -0.2) is 4.79 Å². The van der Waals surface area contributed by atoms with Crippen molar-refractivity contribution in [2.75, 3.05) is 26.2 Å². The maximum absolute atomic E-state index is 14.7. The molecular weight excluding hydrogens is 1020 g/mol. The fraction of sp³-hybridized carbons (Fsp3) is 0.640. The number of carbonyl (C=O) groups excluding carboxylic acids is 9. The molecule has 78 heavy (non-hydrogen) atoms. The van der Waals surface area contributed by atoms with E-state index in [4.69, 9.17) is 28.3 Å². The van der Waals surface area contributed by atoms with Gasteiger partial charge in [0.25, 0.3) is 0 Å². The van der Waals surface area contributed by atoms with Gasteiger partial charge >= 0.3 is 11.9 Å². The lowest BCUT2D eigenvalue weighted by Crippen LogP contribution is -2.61. The summed E-state index contributed by atoms with van der Waals surface area (Å²) in [5.74, 6) is -11.7. The van der Waals surface area contributed by atoms with Crippen molar-refractivity contribution in [2.45, 2.75) is 166 Å². The number of phenolic OH excluding ortho intramolecular Hbond substituents is 1. The number of amides is 9. The molecule has 0 aliphatic carbocycles. The van der Waals surface area contributed by atoms with Crippen molar-refractivity contribution in [1.82, 2.24) is 47.0 Å². The van der Waals surface area contributed by atoms with E-state index in [1.807, 2.05) is 0 Å². The maximum Gasteiger partial charge on any atom is 0.326 e. The molecule has 19 N–H and O–H groups in total. The molecule has 3 rings (SSSR count). The van der Waals surface area contributed by atoms with Crippen LogP contribution in [0, 0.1) is 17.2 Å². The molecule has 0 spiro atoms. The first kappa shape index (κ1) is 64.7. The molecule has 1 aromatic rings. The molecule has 9 atom stereocenters. The molecule has 0 bridgehead atoms. The topological polar surface area (TPSA) is 467 Å². The highest BCUT2D eigenvalue weighted by molar-refractivity contribution is 5.99. The van der Waals surface area contributed by atoms with Gasteiger partial charge in [-0.1, -0.05) is 39.8 Å². The molecule has 2 fully saturated rings. The predicted molar refractivity (Wildman–Crippen MR) is 281 cm³/mol. The van der Waals surface area contributed by atoms with E-state index in [9.17, 15) is 68.1 Å². The predicted octanol–water partition coefficient (Wildman–Crippen LogP) is -3.32. The number of carbonyl (C=O) groups is 11. The molecule has 0 unspecified atom stereocenters. The molecule has 2 saturated heterocycles. The van der Waals surface area contributed by atoms with Crippen molar-refractivity contribution in [1.29, 1.82) is 5.41 Å². The molecule has 9 amide bonds. The molecule has 0 aromatic heterocycles. The Hall–Kier alpha value is -7.62. The number of aromatic hydroxyl groups is 1. The number of rotatable bonds is 32. The van der Waals surface area contributed by atoms with Crippen LogP contribution in [0.1, 0.15) is 110 Å². The van der Waals surface area contributed by atoms with Crippen LogP contribution in [0.3, 0.4) is 0 Å². The average Bonchev–Trinajstić information content (AvgIpc) is 4.08. The Morgan fingerprint density at radius 1 is 0.641 bits per heavy atom. The van der Waals surface area contributed by atoms with Crippen molar-refractivity contribution >= 4 is 71.1 Å². The van der Waals surface area contributed by atoms with E-state index in [1.54, 1.807) is 27.7 Å². The van der Waals surface area contributed by atoms with Gasteiger partial charge in [-0.15, -0.1) is 0 Å². The number of guanidine groups is 1. The quantitative estimate of drug-likeness (QED) is 0.0191. The summed E-state index contributed by atoms with van der Waals surface area (Å²) in [7, 11) is 0. The molecule has 434 valence electrons. The molecule has 2 aliphatic heterocycles. The van der Waals surface area contributed by atoms with E-state index >= 15 is 0 Å². The smallest absolute Gasteiger partial charge is 0.326 e. The number of aliphatic carboxylic acids is 2. The Bertz CT molecular complexity index is 2300. The number of unbranched alkanes of at least 4 members (excludes halogenated alkanes) is 1. The molecule has 2 aliphatic rings. The van der Waals surface area contributed by atoms with Crippen LogP contribution >= 0.6 is 0 Å². The van der Waals surface area contributed by atoms with Gasteiger partial charge in [0.1, 0.15) is 54.1 Å². The molecule has 28 nitrogen and oxygen atoms in total. The Labute approximate surface area is 452 Å². The first-order valence-electron chi connectivity index (χ1n) is 26.2. The fourth-order valence-corrected chi connectivity index (χ4v) is 9.05. The Morgan fingerprint density at radius 2 is 1.19 bits per heavy atom. The third-order valence-corrected chi connectivity index (χ3v) is 13.4. The van der Waals surface area contributed by atoms with E-state index in [2.05, 4.69) is 37.2 Å². The molecular formula is C50H80N14O14. The number of nitrogens with two attached hydrogens (primary N) is 4. The van der Waals surface area contributed by atoms with Gasteiger partial charge in [-0.05, 0) is 100 Å². The van der Waals surface area contributed by atoms with Gasteiger partial charge in [0, 0.05) is 32.5 Å².